The number of aromatic nitrogens is 3. The van der Waals surface area contributed by atoms with E-state index >= 15 is 0 Å². The SMILES string of the molecule is C[C@H](Oc1ccccc1)C(=O)N1CCN(C(=O)c2cc(-c3ccncc3)n[nH]2)CC1. The maximum atomic E-state index is 12.8. The van der Waals surface area contributed by atoms with Crippen LogP contribution in [-0.4, -0.2) is 69.1 Å². The average Bonchev–Trinajstić information content (AvgIpc) is 3.30. The fourth-order valence-corrected chi connectivity index (χ4v) is 3.41. The Balaban J connectivity index is 1.32. The number of H-pyrrole nitrogens is 1. The molecule has 1 N–H and O–H groups in total. The summed E-state index contributed by atoms with van der Waals surface area (Å²) >= 11 is 0. The van der Waals surface area contributed by atoms with Gasteiger partial charge in [-0.25, -0.2) is 0 Å². The van der Waals surface area contributed by atoms with Crippen LogP contribution >= 0.6 is 0 Å². The molecule has 0 radical (unpaired) electrons. The van der Waals surface area contributed by atoms with E-state index in [0.717, 1.165) is 5.56 Å². The zero-order chi connectivity index (χ0) is 20.9. The molecule has 8 heteroatoms. The van der Waals surface area contributed by atoms with Crippen LogP contribution in [0, 0.1) is 0 Å². The highest BCUT2D eigenvalue weighted by atomic mass is 16.5. The Kier molecular flexibility index (Phi) is 5.74. The van der Waals surface area contributed by atoms with Crippen molar-refractivity contribution in [2.24, 2.45) is 0 Å². The largest absolute Gasteiger partial charge is 0.481 e. The quantitative estimate of drug-likeness (QED) is 0.703. The van der Waals surface area contributed by atoms with Crippen LogP contribution in [0.15, 0.2) is 60.9 Å². The van der Waals surface area contributed by atoms with Gasteiger partial charge in [0.05, 0.1) is 5.69 Å². The van der Waals surface area contributed by atoms with Crippen molar-refractivity contribution < 1.29 is 14.3 Å². The number of nitrogens with zero attached hydrogens (tertiary/aromatic N) is 4. The fraction of sp³-hybridized carbons (Fsp3) is 0.273. The zero-order valence-electron chi connectivity index (χ0n) is 16.7. The van der Waals surface area contributed by atoms with Crippen molar-refractivity contribution in [1.29, 1.82) is 0 Å². The lowest BCUT2D eigenvalue weighted by Gasteiger charge is -2.35. The van der Waals surface area contributed by atoms with Gasteiger partial charge in [-0.05, 0) is 37.3 Å². The van der Waals surface area contributed by atoms with Gasteiger partial charge in [-0.3, -0.25) is 19.7 Å². The minimum Gasteiger partial charge on any atom is -0.481 e. The van der Waals surface area contributed by atoms with E-state index in [1.54, 1.807) is 35.2 Å². The molecule has 1 atom stereocenters. The van der Waals surface area contributed by atoms with Crippen LogP contribution in [0.25, 0.3) is 11.3 Å². The molecular formula is C22H23N5O3. The van der Waals surface area contributed by atoms with E-state index < -0.39 is 6.10 Å². The highest BCUT2D eigenvalue weighted by Gasteiger charge is 2.29. The summed E-state index contributed by atoms with van der Waals surface area (Å²) in [6.07, 6.45) is 2.79. The van der Waals surface area contributed by atoms with Gasteiger partial charge >= 0.3 is 0 Å². The Morgan fingerprint density at radius 3 is 2.37 bits per heavy atom. The van der Waals surface area contributed by atoms with Crippen molar-refractivity contribution in [3.63, 3.8) is 0 Å². The van der Waals surface area contributed by atoms with Crippen LogP contribution in [0.4, 0.5) is 0 Å². The monoisotopic (exact) mass is 405 g/mol. The third-order valence-corrected chi connectivity index (χ3v) is 5.07. The molecule has 30 heavy (non-hydrogen) atoms. The number of hydrogen-bond acceptors (Lipinski definition) is 5. The molecule has 1 aliphatic rings. The van der Waals surface area contributed by atoms with E-state index in [9.17, 15) is 9.59 Å². The minimum absolute atomic E-state index is 0.0764. The summed E-state index contributed by atoms with van der Waals surface area (Å²) in [7, 11) is 0. The molecule has 1 fully saturated rings. The van der Waals surface area contributed by atoms with Crippen molar-refractivity contribution in [2.75, 3.05) is 26.2 Å². The second-order valence-corrected chi connectivity index (χ2v) is 7.09. The Morgan fingerprint density at radius 1 is 1.00 bits per heavy atom. The lowest BCUT2D eigenvalue weighted by Crippen LogP contribution is -2.53. The van der Waals surface area contributed by atoms with Crippen LogP contribution in [-0.2, 0) is 4.79 Å². The first-order valence-electron chi connectivity index (χ1n) is 9.87. The van der Waals surface area contributed by atoms with Gasteiger partial charge in [0.25, 0.3) is 11.8 Å². The van der Waals surface area contributed by atoms with Crippen LogP contribution in [0.3, 0.4) is 0 Å². The molecule has 1 aromatic carbocycles. The number of ether oxygens (including phenoxy) is 1. The highest BCUT2D eigenvalue weighted by Crippen LogP contribution is 2.18. The summed E-state index contributed by atoms with van der Waals surface area (Å²) in [4.78, 5) is 33.0. The van der Waals surface area contributed by atoms with E-state index in [2.05, 4.69) is 15.2 Å². The number of rotatable bonds is 5. The summed E-state index contributed by atoms with van der Waals surface area (Å²) in [5.74, 6) is 0.465. The Labute approximate surface area is 174 Å². The highest BCUT2D eigenvalue weighted by molar-refractivity contribution is 5.93. The average molecular weight is 405 g/mol. The number of nitrogens with one attached hydrogen (secondary N) is 1. The first-order valence-corrected chi connectivity index (χ1v) is 9.87. The number of aromatic amines is 1. The van der Waals surface area contributed by atoms with Crippen molar-refractivity contribution >= 4 is 11.8 Å². The van der Waals surface area contributed by atoms with Crippen LogP contribution in [0.2, 0.25) is 0 Å². The molecule has 0 spiro atoms. The van der Waals surface area contributed by atoms with Crippen LogP contribution in [0.1, 0.15) is 17.4 Å². The Hall–Kier alpha value is -3.68. The Bertz CT molecular complexity index is 998. The predicted octanol–water partition coefficient (Wildman–Crippen LogP) is 2.22. The minimum atomic E-state index is -0.579. The molecule has 2 amide bonds. The zero-order valence-corrected chi connectivity index (χ0v) is 16.7. The number of para-hydroxylation sites is 1. The van der Waals surface area contributed by atoms with Gasteiger partial charge in [0.1, 0.15) is 11.4 Å². The van der Waals surface area contributed by atoms with Crippen molar-refractivity contribution in [3.05, 3.63) is 66.6 Å². The molecule has 4 rings (SSSR count). The standard InChI is InChI=1S/C22H23N5O3/c1-16(30-18-5-3-2-4-6-18)21(28)26-11-13-27(14-12-26)22(29)20-15-19(24-25-20)17-7-9-23-10-8-17/h2-10,15-16H,11-14H2,1H3,(H,24,25)/t16-/m0/s1. The van der Waals surface area contributed by atoms with Crippen molar-refractivity contribution in [2.45, 2.75) is 13.0 Å². The number of pyridine rings is 1. The summed E-state index contributed by atoms with van der Waals surface area (Å²) < 4.78 is 5.73. The molecule has 0 saturated carbocycles. The predicted molar refractivity (Wildman–Crippen MR) is 111 cm³/mol. The first-order chi connectivity index (χ1) is 14.6. The molecular weight excluding hydrogens is 382 g/mol. The lowest BCUT2D eigenvalue weighted by molar-refractivity contribution is -0.139. The summed E-state index contributed by atoms with van der Waals surface area (Å²) in [5, 5.41) is 7.05. The van der Waals surface area contributed by atoms with Gasteiger partial charge < -0.3 is 14.5 Å². The molecule has 0 aliphatic carbocycles. The number of amides is 2. The van der Waals surface area contributed by atoms with Crippen LogP contribution in [0.5, 0.6) is 5.75 Å². The molecule has 0 unspecified atom stereocenters. The second-order valence-electron chi connectivity index (χ2n) is 7.09. The van der Waals surface area contributed by atoms with Gasteiger partial charge in [0, 0.05) is 44.1 Å². The van der Waals surface area contributed by atoms with E-state index in [1.807, 2.05) is 42.5 Å². The Morgan fingerprint density at radius 2 is 1.67 bits per heavy atom. The smallest absolute Gasteiger partial charge is 0.272 e. The molecule has 3 aromatic rings. The molecule has 1 saturated heterocycles. The normalized spacial score (nSPS) is 15.0. The second kappa shape index (κ2) is 8.77. The van der Waals surface area contributed by atoms with E-state index in [-0.39, 0.29) is 11.8 Å². The van der Waals surface area contributed by atoms with E-state index in [4.69, 9.17) is 4.74 Å². The number of carbonyl (C=O) groups is 2. The molecule has 2 aromatic heterocycles. The van der Waals surface area contributed by atoms with Gasteiger partial charge in [-0.15, -0.1) is 0 Å². The molecule has 154 valence electrons. The van der Waals surface area contributed by atoms with Gasteiger partial charge in [-0.1, -0.05) is 18.2 Å². The van der Waals surface area contributed by atoms with Gasteiger partial charge in [-0.2, -0.15) is 5.10 Å². The maximum Gasteiger partial charge on any atom is 0.272 e. The van der Waals surface area contributed by atoms with E-state index in [0.29, 0.717) is 43.3 Å². The first kappa shape index (κ1) is 19.6. The molecule has 3 heterocycles. The third-order valence-electron chi connectivity index (χ3n) is 5.07. The van der Waals surface area contributed by atoms with E-state index in [1.165, 1.54) is 0 Å². The van der Waals surface area contributed by atoms with Crippen molar-refractivity contribution in [1.82, 2.24) is 25.0 Å². The summed E-state index contributed by atoms with van der Waals surface area (Å²) in [5.41, 5.74) is 2.02. The summed E-state index contributed by atoms with van der Waals surface area (Å²) in [6, 6.07) is 14.7. The topological polar surface area (TPSA) is 91.4 Å². The van der Waals surface area contributed by atoms with Gasteiger partial charge in [0.15, 0.2) is 6.10 Å². The number of benzene rings is 1. The summed E-state index contributed by atoms with van der Waals surface area (Å²) in [6.45, 7) is 3.62. The third kappa shape index (κ3) is 4.32. The van der Waals surface area contributed by atoms with Crippen LogP contribution < -0.4 is 4.74 Å². The van der Waals surface area contributed by atoms with Crippen molar-refractivity contribution in [3.8, 4) is 17.0 Å². The molecule has 1 aliphatic heterocycles. The number of carbonyl (C=O) groups excluding carboxylic acids is 2. The van der Waals surface area contributed by atoms with Gasteiger partial charge in [0.2, 0.25) is 0 Å². The molecule has 8 nitrogen and oxygen atoms in total. The lowest BCUT2D eigenvalue weighted by atomic mass is 10.2. The maximum absolute atomic E-state index is 12.8. The number of hydrogen-bond donors (Lipinski definition) is 1. The molecule has 0 bridgehead atoms. The fourth-order valence-electron chi connectivity index (χ4n) is 3.41. The number of piperazine rings is 1.